The van der Waals surface area contributed by atoms with Gasteiger partial charge in [-0.2, -0.15) is 0 Å². The van der Waals surface area contributed by atoms with E-state index in [-0.39, 0.29) is 36.4 Å². The predicted molar refractivity (Wildman–Crippen MR) is 62.9 cm³/mol. The van der Waals surface area contributed by atoms with Gasteiger partial charge in [-0.25, -0.2) is 0 Å². The fourth-order valence-electron chi connectivity index (χ4n) is 2.26. The zero-order valence-corrected chi connectivity index (χ0v) is 10.4. The molecule has 0 bridgehead atoms. The first-order chi connectivity index (χ1) is 8.01. The number of ether oxygens (including phenoxy) is 1. The van der Waals surface area contributed by atoms with Gasteiger partial charge in [0.1, 0.15) is 6.23 Å². The SMILES string of the molecule is COC(C)N1CCC(C(N)=O)CC1C(=O)CN. The summed E-state index contributed by atoms with van der Waals surface area (Å²) in [7, 11) is 1.59. The summed E-state index contributed by atoms with van der Waals surface area (Å²) in [5.74, 6) is -0.653. The van der Waals surface area contributed by atoms with Crippen LogP contribution in [0.25, 0.3) is 0 Å². The lowest BCUT2D eigenvalue weighted by atomic mass is 9.88. The molecule has 0 aromatic carbocycles. The third-order valence-electron chi connectivity index (χ3n) is 3.43. The van der Waals surface area contributed by atoms with Crippen molar-refractivity contribution in [3.05, 3.63) is 0 Å². The quantitative estimate of drug-likeness (QED) is 0.650. The molecule has 1 fully saturated rings. The van der Waals surface area contributed by atoms with Gasteiger partial charge in [-0.3, -0.25) is 14.5 Å². The Labute approximate surface area is 101 Å². The van der Waals surface area contributed by atoms with E-state index >= 15 is 0 Å². The first-order valence-electron chi connectivity index (χ1n) is 5.81. The lowest BCUT2D eigenvalue weighted by Crippen LogP contribution is -2.54. The average molecular weight is 243 g/mol. The molecule has 1 amide bonds. The number of hydrogen-bond acceptors (Lipinski definition) is 5. The van der Waals surface area contributed by atoms with Crippen molar-refractivity contribution in [3.8, 4) is 0 Å². The molecule has 1 aliphatic rings. The summed E-state index contributed by atoms with van der Waals surface area (Å²) in [4.78, 5) is 24.9. The number of nitrogens with zero attached hydrogens (tertiary/aromatic N) is 1. The summed E-state index contributed by atoms with van der Waals surface area (Å²) in [6, 6.07) is -0.360. The summed E-state index contributed by atoms with van der Waals surface area (Å²) in [6.07, 6.45) is 0.945. The molecule has 3 atom stereocenters. The molecular weight excluding hydrogens is 222 g/mol. The summed E-state index contributed by atoms with van der Waals surface area (Å²) in [5, 5.41) is 0. The number of piperidine rings is 1. The van der Waals surface area contributed by atoms with Crippen molar-refractivity contribution in [3.63, 3.8) is 0 Å². The number of likely N-dealkylation sites (tertiary alicyclic amines) is 1. The van der Waals surface area contributed by atoms with Crippen LogP contribution in [0.5, 0.6) is 0 Å². The molecule has 0 radical (unpaired) electrons. The smallest absolute Gasteiger partial charge is 0.220 e. The van der Waals surface area contributed by atoms with E-state index in [1.54, 1.807) is 7.11 Å². The third kappa shape index (κ3) is 3.24. The highest BCUT2D eigenvalue weighted by Gasteiger charge is 2.36. The third-order valence-corrected chi connectivity index (χ3v) is 3.43. The highest BCUT2D eigenvalue weighted by molar-refractivity contribution is 5.87. The van der Waals surface area contributed by atoms with Gasteiger partial charge in [-0.05, 0) is 19.8 Å². The van der Waals surface area contributed by atoms with Gasteiger partial charge in [0, 0.05) is 19.6 Å². The molecule has 4 N–H and O–H groups in total. The van der Waals surface area contributed by atoms with Crippen LogP contribution in [0.15, 0.2) is 0 Å². The van der Waals surface area contributed by atoms with Crippen LogP contribution in [-0.2, 0) is 14.3 Å². The summed E-state index contributed by atoms with van der Waals surface area (Å²) in [5.41, 5.74) is 10.7. The molecular formula is C11H21N3O3. The minimum absolute atomic E-state index is 0.0247. The van der Waals surface area contributed by atoms with Crippen LogP contribution >= 0.6 is 0 Å². The second-order valence-corrected chi connectivity index (χ2v) is 4.38. The normalized spacial score (nSPS) is 27.7. The zero-order valence-electron chi connectivity index (χ0n) is 10.4. The van der Waals surface area contributed by atoms with Crippen molar-refractivity contribution in [2.24, 2.45) is 17.4 Å². The molecule has 3 unspecified atom stereocenters. The van der Waals surface area contributed by atoms with E-state index in [0.29, 0.717) is 19.4 Å². The number of primary amides is 1. The van der Waals surface area contributed by atoms with E-state index in [0.717, 1.165) is 0 Å². The molecule has 0 aromatic rings. The Bertz CT molecular complexity index is 296. The van der Waals surface area contributed by atoms with E-state index in [9.17, 15) is 9.59 Å². The number of ketones is 1. The number of methoxy groups -OCH3 is 1. The Hall–Kier alpha value is -0.980. The number of amides is 1. The van der Waals surface area contributed by atoms with Crippen LogP contribution in [0.1, 0.15) is 19.8 Å². The molecule has 1 saturated heterocycles. The van der Waals surface area contributed by atoms with E-state index in [4.69, 9.17) is 16.2 Å². The van der Waals surface area contributed by atoms with Crippen molar-refractivity contribution in [2.45, 2.75) is 32.0 Å². The average Bonchev–Trinajstić information content (AvgIpc) is 2.35. The van der Waals surface area contributed by atoms with Gasteiger partial charge in [0.15, 0.2) is 5.78 Å². The van der Waals surface area contributed by atoms with Gasteiger partial charge >= 0.3 is 0 Å². The minimum atomic E-state index is -0.360. The van der Waals surface area contributed by atoms with E-state index < -0.39 is 0 Å². The monoisotopic (exact) mass is 243 g/mol. The fraction of sp³-hybridized carbons (Fsp3) is 0.818. The van der Waals surface area contributed by atoms with Crippen LogP contribution in [0.4, 0.5) is 0 Å². The summed E-state index contributed by atoms with van der Waals surface area (Å²) in [6.45, 7) is 2.48. The molecule has 0 aliphatic carbocycles. The maximum Gasteiger partial charge on any atom is 0.220 e. The number of rotatable bonds is 5. The van der Waals surface area contributed by atoms with E-state index in [1.807, 2.05) is 11.8 Å². The highest BCUT2D eigenvalue weighted by Crippen LogP contribution is 2.25. The van der Waals surface area contributed by atoms with Crippen LogP contribution in [0.3, 0.4) is 0 Å². The van der Waals surface area contributed by atoms with E-state index in [1.165, 1.54) is 0 Å². The molecule has 0 saturated carbocycles. The second-order valence-electron chi connectivity index (χ2n) is 4.38. The highest BCUT2D eigenvalue weighted by atomic mass is 16.5. The molecule has 6 heteroatoms. The number of nitrogens with two attached hydrogens (primary N) is 2. The number of hydrogen-bond donors (Lipinski definition) is 2. The molecule has 1 rings (SSSR count). The zero-order chi connectivity index (χ0) is 13.0. The minimum Gasteiger partial charge on any atom is -0.369 e. The first kappa shape index (κ1) is 14.1. The Morgan fingerprint density at radius 2 is 2.18 bits per heavy atom. The molecule has 1 heterocycles. The van der Waals surface area contributed by atoms with Gasteiger partial charge in [0.2, 0.25) is 5.91 Å². The molecule has 98 valence electrons. The van der Waals surface area contributed by atoms with Crippen molar-refractivity contribution < 1.29 is 14.3 Å². The second kappa shape index (κ2) is 6.09. The van der Waals surface area contributed by atoms with Crippen LogP contribution in [0.2, 0.25) is 0 Å². The van der Waals surface area contributed by atoms with Crippen LogP contribution in [-0.4, -0.2) is 49.1 Å². The van der Waals surface area contributed by atoms with Crippen molar-refractivity contribution >= 4 is 11.7 Å². The number of carbonyl (C=O) groups is 2. The van der Waals surface area contributed by atoms with Crippen molar-refractivity contribution in [1.29, 1.82) is 0 Å². The molecule has 17 heavy (non-hydrogen) atoms. The fourth-order valence-corrected chi connectivity index (χ4v) is 2.26. The maximum atomic E-state index is 11.8. The molecule has 0 spiro atoms. The lowest BCUT2D eigenvalue weighted by Gasteiger charge is -2.40. The predicted octanol–water partition coefficient (Wildman–Crippen LogP) is -0.927. The number of carbonyl (C=O) groups excluding carboxylic acids is 2. The van der Waals surface area contributed by atoms with E-state index in [2.05, 4.69) is 0 Å². The van der Waals surface area contributed by atoms with Gasteiger partial charge in [0.05, 0.1) is 12.6 Å². The van der Waals surface area contributed by atoms with Crippen LogP contribution in [0, 0.1) is 5.92 Å². The topological polar surface area (TPSA) is 98.6 Å². The Morgan fingerprint density at radius 3 is 2.65 bits per heavy atom. The molecule has 0 aromatic heterocycles. The summed E-state index contributed by atoms with van der Waals surface area (Å²) >= 11 is 0. The Balaban J connectivity index is 2.79. The molecule has 1 aliphatic heterocycles. The van der Waals surface area contributed by atoms with Gasteiger partial charge < -0.3 is 16.2 Å². The largest absolute Gasteiger partial charge is 0.369 e. The van der Waals surface area contributed by atoms with Gasteiger partial charge in [-0.15, -0.1) is 0 Å². The van der Waals surface area contributed by atoms with Crippen molar-refractivity contribution in [1.82, 2.24) is 4.90 Å². The van der Waals surface area contributed by atoms with Gasteiger partial charge in [0.25, 0.3) is 0 Å². The van der Waals surface area contributed by atoms with Crippen molar-refractivity contribution in [2.75, 3.05) is 20.2 Å². The number of Topliss-reactive ketones (excluding diaryl/α,β-unsaturated/α-hetero) is 1. The van der Waals surface area contributed by atoms with Gasteiger partial charge in [-0.1, -0.05) is 0 Å². The Kier molecular flexibility index (Phi) is 5.04. The lowest BCUT2D eigenvalue weighted by molar-refractivity contribution is -0.137. The Morgan fingerprint density at radius 1 is 1.53 bits per heavy atom. The maximum absolute atomic E-state index is 11.8. The summed E-state index contributed by atoms with van der Waals surface area (Å²) < 4.78 is 5.23. The standard InChI is InChI=1S/C11H21N3O3/c1-7(17-2)14-4-3-8(11(13)16)5-9(14)10(15)6-12/h7-9H,3-6,12H2,1-2H3,(H2,13,16). The first-order valence-corrected chi connectivity index (χ1v) is 5.81. The molecule has 6 nitrogen and oxygen atoms in total. The van der Waals surface area contributed by atoms with Crippen LogP contribution < -0.4 is 11.5 Å².